The number of rotatable bonds is 4. The highest BCUT2D eigenvalue weighted by Gasteiger charge is 2.14. The summed E-state index contributed by atoms with van der Waals surface area (Å²) in [4.78, 5) is 0. The summed E-state index contributed by atoms with van der Waals surface area (Å²) in [6.07, 6.45) is 3.96. The molecule has 1 aliphatic rings. The summed E-state index contributed by atoms with van der Waals surface area (Å²) in [5.41, 5.74) is 1.23. The predicted molar refractivity (Wildman–Crippen MR) is 51.6 cm³/mol. The summed E-state index contributed by atoms with van der Waals surface area (Å²) in [6.45, 7) is 6.25. The molecule has 1 aromatic heterocycles. The van der Waals surface area contributed by atoms with Crippen LogP contribution in [0.2, 0.25) is 0 Å². The Morgan fingerprint density at radius 2 is 2.54 bits per heavy atom. The Labute approximate surface area is 78.3 Å². The lowest BCUT2D eigenvalue weighted by molar-refractivity contribution is 0.357. The Morgan fingerprint density at radius 1 is 1.69 bits per heavy atom. The molecule has 0 saturated carbocycles. The van der Waals surface area contributed by atoms with E-state index in [1.807, 2.05) is 10.9 Å². The molecule has 4 heteroatoms. The van der Waals surface area contributed by atoms with Gasteiger partial charge in [0, 0.05) is 31.9 Å². The van der Waals surface area contributed by atoms with Crippen molar-refractivity contribution < 1.29 is 0 Å². The first-order valence-corrected chi connectivity index (χ1v) is 4.78. The fourth-order valence-corrected chi connectivity index (χ4v) is 1.41. The third-order valence-corrected chi connectivity index (χ3v) is 2.32. The second kappa shape index (κ2) is 3.89. The summed E-state index contributed by atoms with van der Waals surface area (Å²) in [5.74, 6) is 0. The average molecular weight is 180 g/mol. The molecule has 2 heterocycles. The van der Waals surface area contributed by atoms with E-state index in [1.165, 1.54) is 5.56 Å². The van der Waals surface area contributed by atoms with E-state index in [4.69, 9.17) is 0 Å². The molecule has 0 radical (unpaired) electrons. The van der Waals surface area contributed by atoms with Crippen LogP contribution in [0.5, 0.6) is 0 Å². The molecule has 2 N–H and O–H groups in total. The van der Waals surface area contributed by atoms with Crippen molar-refractivity contribution in [1.29, 1.82) is 0 Å². The van der Waals surface area contributed by atoms with Crippen LogP contribution in [0.4, 0.5) is 0 Å². The van der Waals surface area contributed by atoms with Gasteiger partial charge in [-0.05, 0) is 12.5 Å². The molecule has 0 spiro atoms. The Kier molecular flexibility index (Phi) is 2.61. The molecule has 0 atom stereocenters. The average Bonchev–Trinajstić information content (AvgIpc) is 2.42. The van der Waals surface area contributed by atoms with Gasteiger partial charge < -0.3 is 10.6 Å². The Bertz CT molecular complexity index is 264. The second-order valence-electron chi connectivity index (χ2n) is 3.59. The summed E-state index contributed by atoms with van der Waals surface area (Å²) in [7, 11) is 0. The van der Waals surface area contributed by atoms with E-state index < -0.39 is 0 Å². The smallest absolute Gasteiger partial charge is 0.0534 e. The molecule has 0 aromatic carbocycles. The first-order chi connectivity index (χ1) is 6.34. The molecule has 0 unspecified atom stereocenters. The van der Waals surface area contributed by atoms with Crippen LogP contribution < -0.4 is 10.6 Å². The molecular formula is C9H16N4. The van der Waals surface area contributed by atoms with Crippen LogP contribution in [0.3, 0.4) is 0 Å². The van der Waals surface area contributed by atoms with E-state index in [-0.39, 0.29) is 0 Å². The lowest BCUT2D eigenvalue weighted by Gasteiger charge is -2.28. The zero-order valence-electron chi connectivity index (χ0n) is 7.95. The van der Waals surface area contributed by atoms with Crippen LogP contribution in [0.25, 0.3) is 0 Å². The molecule has 0 bridgehead atoms. The van der Waals surface area contributed by atoms with Crippen molar-refractivity contribution in [3.8, 4) is 0 Å². The number of nitrogens with one attached hydrogen (secondary N) is 2. The van der Waals surface area contributed by atoms with Gasteiger partial charge in [0.25, 0.3) is 0 Å². The van der Waals surface area contributed by atoms with Gasteiger partial charge in [-0.15, -0.1) is 0 Å². The number of nitrogens with zero attached hydrogens (tertiary/aromatic N) is 2. The minimum absolute atomic E-state index is 0.677. The third kappa shape index (κ3) is 2.29. The Hall–Kier alpha value is -0.870. The molecule has 1 saturated heterocycles. The van der Waals surface area contributed by atoms with Gasteiger partial charge in [0.2, 0.25) is 0 Å². The van der Waals surface area contributed by atoms with Crippen LogP contribution in [0.15, 0.2) is 12.4 Å². The zero-order valence-corrected chi connectivity index (χ0v) is 7.95. The normalized spacial score (nSPS) is 17.3. The maximum absolute atomic E-state index is 4.22. The highest BCUT2D eigenvalue weighted by atomic mass is 15.3. The van der Waals surface area contributed by atoms with E-state index in [1.54, 1.807) is 0 Å². The number of aryl methyl sites for hydroxylation is 1. The van der Waals surface area contributed by atoms with Crippen molar-refractivity contribution in [3.63, 3.8) is 0 Å². The topological polar surface area (TPSA) is 41.9 Å². The Balaban J connectivity index is 1.67. The van der Waals surface area contributed by atoms with Gasteiger partial charge in [0.05, 0.1) is 12.7 Å². The van der Waals surface area contributed by atoms with Gasteiger partial charge in [0.1, 0.15) is 0 Å². The fourth-order valence-electron chi connectivity index (χ4n) is 1.41. The van der Waals surface area contributed by atoms with Crippen LogP contribution in [0.1, 0.15) is 5.56 Å². The number of aromatic nitrogens is 2. The maximum atomic E-state index is 4.22. The van der Waals surface area contributed by atoms with Gasteiger partial charge in [-0.3, -0.25) is 4.68 Å². The van der Waals surface area contributed by atoms with E-state index in [0.29, 0.717) is 6.04 Å². The molecule has 1 fully saturated rings. The van der Waals surface area contributed by atoms with E-state index in [2.05, 4.69) is 28.9 Å². The number of hydrogen-bond donors (Lipinski definition) is 2. The van der Waals surface area contributed by atoms with Gasteiger partial charge in [0.15, 0.2) is 0 Å². The SMILES string of the molecule is Cc1cnn(CCNC2CNC2)c1. The molecule has 13 heavy (non-hydrogen) atoms. The zero-order chi connectivity index (χ0) is 9.10. The molecule has 1 aliphatic heterocycles. The quantitative estimate of drug-likeness (QED) is 0.671. The number of hydrogen-bond acceptors (Lipinski definition) is 3. The van der Waals surface area contributed by atoms with Crippen molar-refractivity contribution in [3.05, 3.63) is 18.0 Å². The standard InChI is InChI=1S/C9H16N4/c1-8-4-12-13(7-8)3-2-11-9-5-10-6-9/h4,7,9-11H,2-3,5-6H2,1H3. The summed E-state index contributed by atoms with van der Waals surface area (Å²) in [6, 6.07) is 0.677. The highest BCUT2D eigenvalue weighted by Crippen LogP contribution is 1.94. The summed E-state index contributed by atoms with van der Waals surface area (Å²) < 4.78 is 1.98. The van der Waals surface area contributed by atoms with Crippen LogP contribution in [-0.4, -0.2) is 35.5 Å². The minimum Gasteiger partial charge on any atom is -0.314 e. The van der Waals surface area contributed by atoms with Crippen LogP contribution >= 0.6 is 0 Å². The highest BCUT2D eigenvalue weighted by molar-refractivity contribution is 4.99. The molecule has 72 valence electrons. The van der Waals surface area contributed by atoms with Crippen molar-refractivity contribution in [2.75, 3.05) is 19.6 Å². The van der Waals surface area contributed by atoms with Gasteiger partial charge in [-0.1, -0.05) is 0 Å². The van der Waals surface area contributed by atoms with Gasteiger partial charge >= 0.3 is 0 Å². The van der Waals surface area contributed by atoms with Gasteiger partial charge in [-0.25, -0.2) is 0 Å². The molecule has 0 amide bonds. The van der Waals surface area contributed by atoms with Crippen LogP contribution in [-0.2, 0) is 6.54 Å². The molecule has 2 rings (SSSR count). The lowest BCUT2D eigenvalue weighted by atomic mass is 10.2. The maximum Gasteiger partial charge on any atom is 0.0534 e. The van der Waals surface area contributed by atoms with E-state index in [0.717, 1.165) is 26.2 Å². The van der Waals surface area contributed by atoms with Crippen molar-refractivity contribution in [1.82, 2.24) is 20.4 Å². The van der Waals surface area contributed by atoms with E-state index in [9.17, 15) is 0 Å². The van der Waals surface area contributed by atoms with Crippen molar-refractivity contribution in [2.45, 2.75) is 19.5 Å². The summed E-state index contributed by atoms with van der Waals surface area (Å²) >= 11 is 0. The Morgan fingerprint density at radius 3 is 3.08 bits per heavy atom. The van der Waals surface area contributed by atoms with Crippen molar-refractivity contribution >= 4 is 0 Å². The van der Waals surface area contributed by atoms with Crippen molar-refractivity contribution in [2.24, 2.45) is 0 Å². The fraction of sp³-hybridized carbons (Fsp3) is 0.667. The summed E-state index contributed by atoms with van der Waals surface area (Å²) in [5, 5.41) is 10.9. The monoisotopic (exact) mass is 180 g/mol. The molecular weight excluding hydrogens is 164 g/mol. The van der Waals surface area contributed by atoms with Crippen LogP contribution in [0, 0.1) is 6.92 Å². The first kappa shape index (κ1) is 8.72. The second-order valence-corrected chi connectivity index (χ2v) is 3.59. The lowest BCUT2D eigenvalue weighted by Crippen LogP contribution is -2.55. The third-order valence-electron chi connectivity index (χ3n) is 2.32. The predicted octanol–water partition coefficient (Wildman–Crippen LogP) is -0.247. The van der Waals surface area contributed by atoms with Gasteiger partial charge in [-0.2, -0.15) is 5.10 Å². The minimum atomic E-state index is 0.677. The molecule has 0 aliphatic carbocycles. The molecule has 4 nitrogen and oxygen atoms in total. The molecule has 1 aromatic rings. The largest absolute Gasteiger partial charge is 0.314 e. The van der Waals surface area contributed by atoms with E-state index >= 15 is 0 Å². The first-order valence-electron chi connectivity index (χ1n) is 4.78.